The van der Waals surface area contributed by atoms with Crippen molar-refractivity contribution >= 4 is 5.97 Å². The second-order valence-electron chi connectivity index (χ2n) is 6.36. The van der Waals surface area contributed by atoms with Crippen LogP contribution in [0.5, 0.6) is 0 Å². The zero-order valence-corrected chi connectivity index (χ0v) is 13.3. The van der Waals surface area contributed by atoms with Crippen molar-refractivity contribution in [2.24, 2.45) is 5.92 Å². The van der Waals surface area contributed by atoms with Gasteiger partial charge in [0.2, 0.25) is 0 Å². The van der Waals surface area contributed by atoms with Crippen LogP contribution in [0.15, 0.2) is 0 Å². The fraction of sp³-hybridized carbons (Fsp3) is 0.941. The van der Waals surface area contributed by atoms with Crippen molar-refractivity contribution in [2.45, 2.75) is 77.6 Å². The van der Waals surface area contributed by atoms with Gasteiger partial charge >= 0.3 is 5.97 Å². The zero-order chi connectivity index (χ0) is 14.6. The van der Waals surface area contributed by atoms with Crippen molar-refractivity contribution in [2.75, 3.05) is 19.6 Å². The van der Waals surface area contributed by atoms with Crippen molar-refractivity contribution < 1.29 is 9.90 Å². The van der Waals surface area contributed by atoms with Crippen LogP contribution < -0.4 is 0 Å². The monoisotopic (exact) mass is 283 g/mol. The number of likely N-dealkylation sites (tertiary alicyclic amines) is 1. The highest BCUT2D eigenvalue weighted by Gasteiger charge is 2.22. The van der Waals surface area contributed by atoms with E-state index in [1.807, 2.05) is 0 Å². The Morgan fingerprint density at radius 1 is 1.10 bits per heavy atom. The minimum atomic E-state index is -0.647. The summed E-state index contributed by atoms with van der Waals surface area (Å²) in [4.78, 5) is 13.1. The predicted molar refractivity (Wildman–Crippen MR) is 84.0 cm³/mol. The summed E-state index contributed by atoms with van der Waals surface area (Å²) in [5, 5.41) is 8.70. The third kappa shape index (κ3) is 8.57. The Labute approximate surface area is 124 Å². The molecule has 1 saturated heterocycles. The Morgan fingerprint density at radius 3 is 2.40 bits per heavy atom. The highest BCUT2D eigenvalue weighted by molar-refractivity contribution is 5.66. The molecule has 0 aromatic heterocycles. The zero-order valence-electron chi connectivity index (χ0n) is 13.3. The highest BCUT2D eigenvalue weighted by Crippen LogP contribution is 2.21. The first kappa shape index (κ1) is 17.5. The van der Waals surface area contributed by atoms with Crippen LogP contribution in [0, 0.1) is 5.92 Å². The molecule has 1 heterocycles. The lowest BCUT2D eigenvalue weighted by molar-refractivity contribution is -0.137. The van der Waals surface area contributed by atoms with Crippen molar-refractivity contribution in [1.29, 1.82) is 0 Å². The number of carboxylic acid groups (broad SMARTS) is 1. The van der Waals surface area contributed by atoms with Crippen molar-refractivity contribution in [1.82, 2.24) is 4.90 Å². The van der Waals surface area contributed by atoms with Crippen molar-refractivity contribution in [3.63, 3.8) is 0 Å². The Kier molecular flexibility index (Phi) is 9.73. The molecule has 1 atom stereocenters. The summed E-state index contributed by atoms with van der Waals surface area (Å²) in [6, 6.07) is 0. The lowest BCUT2D eigenvalue weighted by Gasteiger charge is -2.15. The molecule has 0 bridgehead atoms. The summed E-state index contributed by atoms with van der Waals surface area (Å²) in [6.07, 6.45) is 13.4. The van der Waals surface area contributed by atoms with Crippen LogP contribution in [0.2, 0.25) is 0 Å². The largest absolute Gasteiger partial charge is 0.481 e. The van der Waals surface area contributed by atoms with Gasteiger partial charge in [-0.05, 0) is 38.3 Å². The molecule has 3 heteroatoms. The fourth-order valence-electron chi connectivity index (χ4n) is 3.15. The lowest BCUT2D eigenvalue weighted by atomic mass is 10.0. The number of hydrogen-bond acceptors (Lipinski definition) is 2. The number of rotatable bonds is 12. The molecule has 0 amide bonds. The molecule has 3 nitrogen and oxygen atoms in total. The summed E-state index contributed by atoms with van der Waals surface area (Å²) in [5.41, 5.74) is 0. The minimum absolute atomic E-state index is 0.344. The maximum atomic E-state index is 10.6. The molecule has 0 aromatic rings. The van der Waals surface area contributed by atoms with E-state index in [0.29, 0.717) is 12.3 Å². The predicted octanol–water partition coefficient (Wildman–Crippen LogP) is 4.31. The second-order valence-corrected chi connectivity index (χ2v) is 6.36. The van der Waals surface area contributed by atoms with Crippen LogP contribution in [0.25, 0.3) is 0 Å². The van der Waals surface area contributed by atoms with Gasteiger partial charge < -0.3 is 10.0 Å². The topological polar surface area (TPSA) is 40.5 Å². The van der Waals surface area contributed by atoms with E-state index < -0.39 is 5.97 Å². The summed E-state index contributed by atoms with van der Waals surface area (Å²) in [7, 11) is 0. The van der Waals surface area contributed by atoms with Gasteiger partial charge in [-0.25, -0.2) is 0 Å². The molecule has 0 radical (unpaired) electrons. The maximum Gasteiger partial charge on any atom is 0.303 e. The SMILES string of the molecule is CCCCCCCCCCN1CCC(CCC(=O)O)C1. The van der Waals surface area contributed by atoms with Crippen LogP contribution in [0.4, 0.5) is 0 Å². The molecular weight excluding hydrogens is 250 g/mol. The van der Waals surface area contributed by atoms with E-state index in [9.17, 15) is 4.79 Å². The van der Waals surface area contributed by atoms with Crippen LogP contribution in [-0.2, 0) is 4.79 Å². The Hall–Kier alpha value is -0.570. The number of carbonyl (C=O) groups is 1. The molecule has 1 N–H and O–H groups in total. The lowest BCUT2D eigenvalue weighted by Crippen LogP contribution is -2.22. The smallest absolute Gasteiger partial charge is 0.303 e. The average Bonchev–Trinajstić information content (AvgIpc) is 2.87. The second kappa shape index (κ2) is 11.1. The summed E-state index contributed by atoms with van der Waals surface area (Å²) >= 11 is 0. The standard InChI is InChI=1S/C17H33NO2/c1-2-3-4-5-6-7-8-9-13-18-14-12-16(15-18)10-11-17(19)20/h16H,2-15H2,1H3,(H,19,20). The third-order valence-corrected chi connectivity index (χ3v) is 4.46. The van der Waals surface area contributed by atoms with Gasteiger partial charge in [-0.2, -0.15) is 0 Å². The van der Waals surface area contributed by atoms with Gasteiger partial charge in [0.05, 0.1) is 0 Å². The van der Waals surface area contributed by atoms with Crippen LogP contribution in [0.3, 0.4) is 0 Å². The molecule has 0 saturated carbocycles. The summed E-state index contributed by atoms with van der Waals surface area (Å²) in [6.45, 7) is 5.79. The van der Waals surface area contributed by atoms with E-state index in [-0.39, 0.29) is 0 Å². The highest BCUT2D eigenvalue weighted by atomic mass is 16.4. The summed E-state index contributed by atoms with van der Waals surface area (Å²) in [5.74, 6) is -0.0216. The summed E-state index contributed by atoms with van der Waals surface area (Å²) < 4.78 is 0. The van der Waals surface area contributed by atoms with Gasteiger partial charge in [-0.15, -0.1) is 0 Å². The van der Waals surface area contributed by atoms with E-state index >= 15 is 0 Å². The van der Waals surface area contributed by atoms with Gasteiger partial charge in [0.1, 0.15) is 0 Å². The fourth-order valence-corrected chi connectivity index (χ4v) is 3.15. The number of unbranched alkanes of at least 4 members (excludes halogenated alkanes) is 7. The molecule has 1 fully saturated rings. The van der Waals surface area contributed by atoms with Gasteiger partial charge in [0.15, 0.2) is 0 Å². The molecule has 20 heavy (non-hydrogen) atoms. The van der Waals surface area contributed by atoms with Crippen LogP contribution >= 0.6 is 0 Å². The quantitative estimate of drug-likeness (QED) is 0.542. The van der Waals surface area contributed by atoms with Gasteiger partial charge in [0, 0.05) is 13.0 Å². The minimum Gasteiger partial charge on any atom is -0.481 e. The first-order valence-corrected chi connectivity index (χ1v) is 8.66. The van der Waals surface area contributed by atoms with Crippen LogP contribution in [0.1, 0.15) is 77.6 Å². The van der Waals surface area contributed by atoms with Gasteiger partial charge in [-0.1, -0.05) is 51.9 Å². The maximum absolute atomic E-state index is 10.6. The third-order valence-electron chi connectivity index (χ3n) is 4.46. The molecule has 1 aliphatic heterocycles. The Bertz CT molecular complexity index is 255. The van der Waals surface area contributed by atoms with Crippen molar-refractivity contribution in [3.8, 4) is 0 Å². The Morgan fingerprint density at radius 2 is 1.75 bits per heavy atom. The normalized spacial score (nSPS) is 19.6. The van der Waals surface area contributed by atoms with Gasteiger partial charge in [0.25, 0.3) is 0 Å². The number of carboxylic acids is 1. The molecule has 118 valence electrons. The van der Waals surface area contributed by atoms with E-state index in [1.165, 1.54) is 70.9 Å². The first-order valence-electron chi connectivity index (χ1n) is 8.66. The average molecular weight is 283 g/mol. The number of aliphatic carboxylic acids is 1. The molecular formula is C17H33NO2. The molecule has 1 rings (SSSR count). The van der Waals surface area contributed by atoms with Gasteiger partial charge in [-0.3, -0.25) is 4.79 Å². The van der Waals surface area contributed by atoms with E-state index in [2.05, 4.69) is 11.8 Å². The number of nitrogens with zero attached hydrogens (tertiary/aromatic N) is 1. The molecule has 0 aromatic carbocycles. The molecule has 0 spiro atoms. The molecule has 1 unspecified atom stereocenters. The Balaban J connectivity index is 1.89. The van der Waals surface area contributed by atoms with E-state index in [0.717, 1.165) is 13.0 Å². The number of hydrogen-bond donors (Lipinski definition) is 1. The van der Waals surface area contributed by atoms with E-state index in [1.54, 1.807) is 0 Å². The first-order chi connectivity index (χ1) is 9.72. The molecule has 1 aliphatic rings. The van der Waals surface area contributed by atoms with Crippen molar-refractivity contribution in [3.05, 3.63) is 0 Å². The molecule has 0 aliphatic carbocycles. The van der Waals surface area contributed by atoms with Crippen LogP contribution in [-0.4, -0.2) is 35.6 Å². The van der Waals surface area contributed by atoms with E-state index in [4.69, 9.17) is 5.11 Å².